The SMILES string of the molecule is O=C(Nc1ccnn1C1CCN(C(=O)c2cc3ccccc3o2)CC1)C1CC1. The predicted molar refractivity (Wildman–Crippen MR) is 104 cm³/mol. The van der Waals surface area contributed by atoms with Crippen LogP contribution in [0.4, 0.5) is 5.82 Å². The van der Waals surface area contributed by atoms with Crippen molar-refractivity contribution in [3.8, 4) is 0 Å². The van der Waals surface area contributed by atoms with Crippen LogP contribution in [0.25, 0.3) is 11.0 Å². The molecule has 2 aromatic heterocycles. The van der Waals surface area contributed by atoms with E-state index in [9.17, 15) is 9.59 Å². The van der Waals surface area contributed by atoms with Crippen LogP contribution in [-0.2, 0) is 4.79 Å². The number of nitrogens with zero attached hydrogens (tertiary/aromatic N) is 3. The number of carbonyl (C=O) groups is 2. The monoisotopic (exact) mass is 378 g/mol. The second-order valence-electron chi connectivity index (χ2n) is 7.60. The molecule has 1 aromatic carbocycles. The Morgan fingerprint density at radius 3 is 2.61 bits per heavy atom. The van der Waals surface area contributed by atoms with Crippen LogP contribution in [0, 0.1) is 5.92 Å². The van der Waals surface area contributed by atoms with E-state index in [1.165, 1.54) is 0 Å². The maximum absolute atomic E-state index is 12.8. The molecule has 0 unspecified atom stereocenters. The van der Waals surface area contributed by atoms with E-state index >= 15 is 0 Å². The van der Waals surface area contributed by atoms with Crippen LogP contribution in [0.3, 0.4) is 0 Å². The number of furan rings is 1. The Bertz CT molecular complexity index is 992. The zero-order chi connectivity index (χ0) is 19.1. The van der Waals surface area contributed by atoms with Gasteiger partial charge in [0, 0.05) is 30.5 Å². The molecule has 2 amide bonds. The quantitative estimate of drug-likeness (QED) is 0.754. The van der Waals surface area contributed by atoms with E-state index in [1.807, 2.05) is 46.0 Å². The van der Waals surface area contributed by atoms with Gasteiger partial charge in [-0.05, 0) is 37.8 Å². The topological polar surface area (TPSA) is 80.4 Å². The summed E-state index contributed by atoms with van der Waals surface area (Å²) < 4.78 is 7.61. The number of amides is 2. The Balaban J connectivity index is 1.24. The lowest BCUT2D eigenvalue weighted by Crippen LogP contribution is -2.39. The fraction of sp³-hybridized carbons (Fsp3) is 0.381. The molecule has 7 heteroatoms. The van der Waals surface area contributed by atoms with Crippen molar-refractivity contribution in [2.24, 2.45) is 5.92 Å². The molecule has 1 aliphatic heterocycles. The molecule has 3 aromatic rings. The first-order valence-corrected chi connectivity index (χ1v) is 9.81. The third kappa shape index (κ3) is 3.17. The number of hydrogen-bond acceptors (Lipinski definition) is 4. The van der Waals surface area contributed by atoms with Gasteiger partial charge in [-0.2, -0.15) is 5.10 Å². The lowest BCUT2D eigenvalue weighted by atomic mass is 10.0. The Morgan fingerprint density at radius 2 is 1.86 bits per heavy atom. The highest BCUT2D eigenvalue weighted by Crippen LogP contribution is 2.31. The van der Waals surface area contributed by atoms with E-state index in [-0.39, 0.29) is 23.8 Å². The number of aromatic nitrogens is 2. The highest BCUT2D eigenvalue weighted by atomic mass is 16.3. The maximum atomic E-state index is 12.8. The smallest absolute Gasteiger partial charge is 0.289 e. The molecule has 7 nitrogen and oxygen atoms in total. The molecular weight excluding hydrogens is 356 g/mol. The molecule has 0 bridgehead atoms. The van der Waals surface area contributed by atoms with Gasteiger partial charge in [-0.3, -0.25) is 9.59 Å². The summed E-state index contributed by atoms with van der Waals surface area (Å²) >= 11 is 0. The Hall–Kier alpha value is -3.09. The molecule has 5 rings (SSSR count). The van der Waals surface area contributed by atoms with Gasteiger partial charge in [0.2, 0.25) is 5.91 Å². The van der Waals surface area contributed by atoms with Gasteiger partial charge < -0.3 is 14.6 Å². The summed E-state index contributed by atoms with van der Waals surface area (Å²) in [7, 11) is 0. The van der Waals surface area contributed by atoms with E-state index in [0.717, 1.165) is 42.5 Å². The number of rotatable bonds is 4. The largest absolute Gasteiger partial charge is 0.451 e. The minimum atomic E-state index is -0.0719. The molecule has 1 N–H and O–H groups in total. The molecular formula is C21H22N4O3. The van der Waals surface area contributed by atoms with Gasteiger partial charge in [-0.25, -0.2) is 4.68 Å². The fourth-order valence-corrected chi connectivity index (χ4v) is 3.83. The third-order valence-corrected chi connectivity index (χ3v) is 5.60. The minimum Gasteiger partial charge on any atom is -0.451 e. The van der Waals surface area contributed by atoms with Crippen LogP contribution in [0.15, 0.2) is 47.0 Å². The van der Waals surface area contributed by atoms with Crippen molar-refractivity contribution in [2.75, 3.05) is 18.4 Å². The number of carbonyl (C=O) groups excluding carboxylic acids is 2. The van der Waals surface area contributed by atoms with Gasteiger partial charge in [-0.15, -0.1) is 0 Å². The van der Waals surface area contributed by atoms with Crippen LogP contribution in [-0.4, -0.2) is 39.6 Å². The zero-order valence-corrected chi connectivity index (χ0v) is 15.5. The number of anilines is 1. The van der Waals surface area contributed by atoms with E-state index < -0.39 is 0 Å². The second kappa shape index (κ2) is 6.82. The molecule has 1 aliphatic carbocycles. The number of likely N-dealkylation sites (tertiary alicyclic amines) is 1. The molecule has 28 heavy (non-hydrogen) atoms. The molecule has 3 heterocycles. The van der Waals surface area contributed by atoms with Crippen molar-refractivity contribution >= 4 is 28.6 Å². The average Bonchev–Trinajstić information content (AvgIpc) is 3.33. The van der Waals surface area contributed by atoms with Gasteiger partial charge in [-0.1, -0.05) is 18.2 Å². The number of para-hydroxylation sites is 1. The van der Waals surface area contributed by atoms with Gasteiger partial charge in [0.25, 0.3) is 5.91 Å². The lowest BCUT2D eigenvalue weighted by molar-refractivity contribution is -0.117. The van der Waals surface area contributed by atoms with E-state index in [0.29, 0.717) is 18.8 Å². The van der Waals surface area contributed by atoms with Crippen molar-refractivity contribution in [2.45, 2.75) is 31.7 Å². The van der Waals surface area contributed by atoms with Gasteiger partial charge in [0.15, 0.2) is 5.76 Å². The summed E-state index contributed by atoms with van der Waals surface area (Å²) in [5.74, 6) is 1.30. The van der Waals surface area contributed by atoms with Crippen molar-refractivity contribution in [1.29, 1.82) is 0 Å². The van der Waals surface area contributed by atoms with Crippen molar-refractivity contribution in [3.05, 3.63) is 48.4 Å². The van der Waals surface area contributed by atoms with Crippen molar-refractivity contribution < 1.29 is 14.0 Å². The molecule has 0 spiro atoms. The summed E-state index contributed by atoms with van der Waals surface area (Å²) in [6.45, 7) is 1.27. The number of benzene rings is 1. The normalized spacial score (nSPS) is 17.8. The number of piperidine rings is 1. The Labute approximate surface area is 162 Å². The predicted octanol–water partition coefficient (Wildman–Crippen LogP) is 3.46. The Morgan fingerprint density at radius 1 is 1.07 bits per heavy atom. The highest BCUT2D eigenvalue weighted by molar-refractivity contribution is 5.96. The van der Waals surface area contributed by atoms with E-state index in [2.05, 4.69) is 10.4 Å². The lowest BCUT2D eigenvalue weighted by Gasteiger charge is -2.32. The van der Waals surface area contributed by atoms with Crippen LogP contribution in [0.5, 0.6) is 0 Å². The van der Waals surface area contributed by atoms with Crippen molar-refractivity contribution in [3.63, 3.8) is 0 Å². The van der Waals surface area contributed by atoms with Gasteiger partial charge in [0.05, 0.1) is 12.2 Å². The van der Waals surface area contributed by atoms with E-state index in [4.69, 9.17) is 4.42 Å². The summed E-state index contributed by atoms with van der Waals surface area (Å²) in [4.78, 5) is 26.7. The average molecular weight is 378 g/mol. The van der Waals surface area contributed by atoms with Crippen molar-refractivity contribution in [1.82, 2.24) is 14.7 Å². The molecule has 2 fully saturated rings. The molecule has 2 aliphatic rings. The van der Waals surface area contributed by atoms with Crippen LogP contribution in [0.2, 0.25) is 0 Å². The second-order valence-corrected chi connectivity index (χ2v) is 7.60. The first-order chi connectivity index (χ1) is 13.7. The number of fused-ring (bicyclic) bond motifs is 1. The third-order valence-electron chi connectivity index (χ3n) is 5.60. The summed E-state index contributed by atoms with van der Waals surface area (Å²) in [5.41, 5.74) is 0.730. The Kier molecular flexibility index (Phi) is 4.15. The molecule has 0 radical (unpaired) electrons. The summed E-state index contributed by atoms with van der Waals surface area (Å²) in [6.07, 6.45) is 5.25. The molecule has 1 saturated carbocycles. The number of hydrogen-bond donors (Lipinski definition) is 1. The van der Waals surface area contributed by atoms with Gasteiger partial charge in [0.1, 0.15) is 11.4 Å². The molecule has 0 atom stereocenters. The van der Waals surface area contributed by atoms with E-state index in [1.54, 1.807) is 6.20 Å². The van der Waals surface area contributed by atoms with Crippen LogP contribution >= 0.6 is 0 Å². The summed E-state index contributed by atoms with van der Waals surface area (Å²) in [6, 6.07) is 11.5. The summed E-state index contributed by atoms with van der Waals surface area (Å²) in [5, 5.41) is 8.34. The standard InChI is InChI=1S/C21H22N4O3/c26-20(14-5-6-14)23-19-7-10-22-25(19)16-8-11-24(12-9-16)21(27)18-13-15-3-1-2-4-17(15)28-18/h1-4,7,10,13-14,16H,5-6,8-9,11-12H2,(H,23,26). The fourth-order valence-electron chi connectivity index (χ4n) is 3.83. The molecule has 1 saturated heterocycles. The number of nitrogens with one attached hydrogen (secondary N) is 1. The first-order valence-electron chi connectivity index (χ1n) is 9.81. The highest BCUT2D eigenvalue weighted by Gasteiger charge is 2.31. The molecule has 144 valence electrons. The van der Waals surface area contributed by atoms with Gasteiger partial charge >= 0.3 is 0 Å². The van der Waals surface area contributed by atoms with Crippen LogP contribution < -0.4 is 5.32 Å². The minimum absolute atomic E-state index is 0.0719. The first kappa shape index (κ1) is 17.0. The zero-order valence-electron chi connectivity index (χ0n) is 15.5. The maximum Gasteiger partial charge on any atom is 0.289 e. The van der Waals surface area contributed by atoms with Crippen LogP contribution in [0.1, 0.15) is 42.3 Å².